The van der Waals surface area contributed by atoms with Crippen LogP contribution in [-0.2, 0) is 6.54 Å². The van der Waals surface area contributed by atoms with E-state index in [-0.39, 0.29) is 5.82 Å². The van der Waals surface area contributed by atoms with Crippen molar-refractivity contribution in [2.24, 2.45) is 11.5 Å². The number of halogens is 1. The summed E-state index contributed by atoms with van der Waals surface area (Å²) in [6.45, 7) is 5.55. The highest BCUT2D eigenvalue weighted by Gasteiger charge is 2.06. The molecule has 0 heterocycles. The number of benzene rings is 1. The molecule has 0 bridgehead atoms. The molecule has 0 saturated heterocycles. The van der Waals surface area contributed by atoms with E-state index in [0.29, 0.717) is 13.1 Å². The summed E-state index contributed by atoms with van der Waals surface area (Å²) in [5.41, 5.74) is 13.2. The zero-order valence-electron chi connectivity index (χ0n) is 9.75. The van der Waals surface area contributed by atoms with E-state index in [4.69, 9.17) is 11.5 Å². The van der Waals surface area contributed by atoms with Crippen molar-refractivity contribution in [1.29, 1.82) is 0 Å². The molecule has 16 heavy (non-hydrogen) atoms. The summed E-state index contributed by atoms with van der Waals surface area (Å²) in [5, 5.41) is 0. The summed E-state index contributed by atoms with van der Waals surface area (Å²) in [6.07, 6.45) is 0. The molecule has 4 N–H and O–H groups in total. The molecule has 0 unspecified atom stereocenters. The second kappa shape index (κ2) is 6.58. The van der Waals surface area contributed by atoms with Crippen LogP contribution in [0, 0.1) is 12.7 Å². The predicted octanol–water partition coefficient (Wildman–Crippen LogP) is 0.854. The Morgan fingerprint density at radius 3 is 2.31 bits per heavy atom. The van der Waals surface area contributed by atoms with Crippen molar-refractivity contribution in [3.8, 4) is 0 Å². The van der Waals surface area contributed by atoms with E-state index in [0.717, 1.165) is 30.8 Å². The highest BCUT2D eigenvalue weighted by molar-refractivity contribution is 5.26. The van der Waals surface area contributed by atoms with Crippen LogP contribution in [0.25, 0.3) is 0 Å². The maximum Gasteiger partial charge on any atom is 0.123 e. The minimum absolute atomic E-state index is 0.189. The Balaban J connectivity index is 2.68. The van der Waals surface area contributed by atoms with Crippen LogP contribution < -0.4 is 11.5 Å². The van der Waals surface area contributed by atoms with Gasteiger partial charge in [-0.3, -0.25) is 4.90 Å². The van der Waals surface area contributed by atoms with Crippen LogP contribution in [0.3, 0.4) is 0 Å². The molecular formula is C12H20FN3. The van der Waals surface area contributed by atoms with Crippen molar-refractivity contribution < 1.29 is 4.39 Å². The standard InChI is InChI=1S/C12H20FN3/c1-10-8-12(13)3-2-11(10)9-16(6-4-14)7-5-15/h2-3,8H,4-7,9,14-15H2,1H3. The van der Waals surface area contributed by atoms with Gasteiger partial charge in [-0.25, -0.2) is 4.39 Å². The highest BCUT2D eigenvalue weighted by Crippen LogP contribution is 2.12. The SMILES string of the molecule is Cc1cc(F)ccc1CN(CCN)CCN. The van der Waals surface area contributed by atoms with Crippen LogP contribution in [-0.4, -0.2) is 31.1 Å². The topological polar surface area (TPSA) is 55.3 Å². The summed E-state index contributed by atoms with van der Waals surface area (Å²) in [6, 6.07) is 4.87. The molecule has 1 aromatic rings. The van der Waals surface area contributed by atoms with E-state index in [9.17, 15) is 4.39 Å². The number of nitrogens with two attached hydrogens (primary N) is 2. The van der Waals surface area contributed by atoms with Crippen LogP contribution in [0.2, 0.25) is 0 Å². The lowest BCUT2D eigenvalue weighted by molar-refractivity contribution is 0.280. The fraction of sp³-hybridized carbons (Fsp3) is 0.500. The number of rotatable bonds is 6. The van der Waals surface area contributed by atoms with Crippen molar-refractivity contribution >= 4 is 0 Å². The second-order valence-corrected chi connectivity index (χ2v) is 3.92. The Morgan fingerprint density at radius 2 is 1.81 bits per heavy atom. The third-order valence-corrected chi connectivity index (χ3v) is 2.59. The van der Waals surface area contributed by atoms with Gasteiger partial charge in [0.15, 0.2) is 0 Å². The van der Waals surface area contributed by atoms with E-state index in [2.05, 4.69) is 4.90 Å². The molecule has 0 aliphatic carbocycles. The molecule has 0 aliphatic rings. The third kappa shape index (κ3) is 3.89. The maximum absolute atomic E-state index is 12.9. The minimum Gasteiger partial charge on any atom is -0.329 e. The molecule has 0 aromatic heterocycles. The summed E-state index contributed by atoms with van der Waals surface area (Å²) in [4.78, 5) is 2.18. The van der Waals surface area contributed by atoms with Crippen LogP contribution in [0.15, 0.2) is 18.2 Å². The number of nitrogens with zero attached hydrogens (tertiary/aromatic N) is 1. The lowest BCUT2D eigenvalue weighted by Crippen LogP contribution is -2.33. The molecule has 0 atom stereocenters. The molecule has 3 nitrogen and oxygen atoms in total. The van der Waals surface area contributed by atoms with Crippen molar-refractivity contribution in [3.05, 3.63) is 35.1 Å². The molecule has 0 saturated carbocycles. The molecular weight excluding hydrogens is 205 g/mol. The Labute approximate surface area is 96.2 Å². The second-order valence-electron chi connectivity index (χ2n) is 3.92. The van der Waals surface area contributed by atoms with Gasteiger partial charge in [0.05, 0.1) is 0 Å². The van der Waals surface area contributed by atoms with Crippen molar-refractivity contribution in [2.45, 2.75) is 13.5 Å². The van der Waals surface area contributed by atoms with Crippen molar-refractivity contribution in [3.63, 3.8) is 0 Å². The molecule has 1 rings (SSSR count). The van der Waals surface area contributed by atoms with Gasteiger partial charge in [0, 0.05) is 32.7 Å². The van der Waals surface area contributed by atoms with Gasteiger partial charge >= 0.3 is 0 Å². The molecule has 0 radical (unpaired) electrons. The zero-order chi connectivity index (χ0) is 12.0. The lowest BCUT2D eigenvalue weighted by Gasteiger charge is -2.21. The minimum atomic E-state index is -0.189. The van der Waals surface area contributed by atoms with Gasteiger partial charge in [0.2, 0.25) is 0 Å². The van der Waals surface area contributed by atoms with Gasteiger partial charge in [0.1, 0.15) is 5.82 Å². The van der Waals surface area contributed by atoms with Crippen LogP contribution in [0.4, 0.5) is 4.39 Å². The molecule has 4 heteroatoms. The van der Waals surface area contributed by atoms with Gasteiger partial charge in [-0.15, -0.1) is 0 Å². The predicted molar refractivity (Wildman–Crippen MR) is 64.5 cm³/mol. The summed E-state index contributed by atoms with van der Waals surface area (Å²) in [5.74, 6) is -0.189. The zero-order valence-corrected chi connectivity index (χ0v) is 9.75. The Kier molecular flexibility index (Phi) is 5.38. The fourth-order valence-electron chi connectivity index (χ4n) is 1.71. The highest BCUT2D eigenvalue weighted by atomic mass is 19.1. The summed E-state index contributed by atoms with van der Waals surface area (Å²) in [7, 11) is 0. The lowest BCUT2D eigenvalue weighted by atomic mass is 10.1. The van der Waals surface area contributed by atoms with E-state index >= 15 is 0 Å². The van der Waals surface area contributed by atoms with Crippen LogP contribution in [0.1, 0.15) is 11.1 Å². The number of hydrogen-bond donors (Lipinski definition) is 2. The Hall–Kier alpha value is -0.970. The monoisotopic (exact) mass is 225 g/mol. The van der Waals surface area contributed by atoms with Crippen LogP contribution >= 0.6 is 0 Å². The quantitative estimate of drug-likeness (QED) is 0.755. The average molecular weight is 225 g/mol. The Morgan fingerprint density at radius 1 is 1.19 bits per heavy atom. The van der Waals surface area contributed by atoms with Crippen LogP contribution in [0.5, 0.6) is 0 Å². The summed E-state index contributed by atoms with van der Waals surface area (Å²) >= 11 is 0. The molecule has 1 aromatic carbocycles. The number of aryl methyl sites for hydroxylation is 1. The maximum atomic E-state index is 12.9. The fourth-order valence-corrected chi connectivity index (χ4v) is 1.71. The van der Waals surface area contributed by atoms with Crippen molar-refractivity contribution in [1.82, 2.24) is 4.90 Å². The average Bonchev–Trinajstić information content (AvgIpc) is 2.23. The molecule has 0 spiro atoms. The molecule has 0 amide bonds. The Bertz CT molecular complexity index is 322. The molecule has 0 fully saturated rings. The van der Waals surface area contributed by atoms with Gasteiger partial charge < -0.3 is 11.5 Å². The first-order valence-electron chi connectivity index (χ1n) is 5.55. The van der Waals surface area contributed by atoms with Gasteiger partial charge in [-0.05, 0) is 30.2 Å². The van der Waals surface area contributed by atoms with E-state index in [1.165, 1.54) is 6.07 Å². The summed E-state index contributed by atoms with van der Waals surface area (Å²) < 4.78 is 12.9. The first-order valence-corrected chi connectivity index (χ1v) is 5.55. The van der Waals surface area contributed by atoms with Gasteiger partial charge in [-0.1, -0.05) is 6.07 Å². The first-order chi connectivity index (χ1) is 7.67. The van der Waals surface area contributed by atoms with Gasteiger partial charge in [-0.2, -0.15) is 0 Å². The first kappa shape index (κ1) is 13.1. The smallest absolute Gasteiger partial charge is 0.123 e. The van der Waals surface area contributed by atoms with E-state index in [1.807, 2.05) is 13.0 Å². The van der Waals surface area contributed by atoms with E-state index < -0.39 is 0 Å². The normalized spacial score (nSPS) is 11.1. The molecule has 90 valence electrons. The van der Waals surface area contributed by atoms with Crippen molar-refractivity contribution in [2.75, 3.05) is 26.2 Å². The van der Waals surface area contributed by atoms with Gasteiger partial charge in [0.25, 0.3) is 0 Å². The van der Waals surface area contributed by atoms with E-state index in [1.54, 1.807) is 6.07 Å². The third-order valence-electron chi connectivity index (χ3n) is 2.59. The molecule has 0 aliphatic heterocycles. The number of hydrogen-bond acceptors (Lipinski definition) is 3. The largest absolute Gasteiger partial charge is 0.329 e.